The summed E-state index contributed by atoms with van der Waals surface area (Å²) < 4.78 is 13.7. The summed E-state index contributed by atoms with van der Waals surface area (Å²) in [6, 6.07) is 12.9. The van der Waals surface area contributed by atoms with E-state index >= 15 is 0 Å². The first-order valence-electron chi connectivity index (χ1n) is 13.4. The van der Waals surface area contributed by atoms with Crippen LogP contribution in [0.1, 0.15) is 48.4 Å². The van der Waals surface area contributed by atoms with Gasteiger partial charge in [0.2, 0.25) is 5.91 Å². The molecule has 0 saturated heterocycles. The van der Waals surface area contributed by atoms with E-state index < -0.39 is 30.1 Å². The fourth-order valence-electron chi connectivity index (χ4n) is 5.00. The number of aliphatic hydroxyl groups excluding tert-OH is 2. The standard InChI is InChI=1S/C30H38FN5O5/c1-36(2)28-23-7-4-3-6-22(23)27(18-9-11-19(31)12-10-18)24(28)14-13-20(37)16-21(38)17-26(39)35-25(29(40)41)8-5-15-34-30(32)33/h3-4,6-7,9-14,20-21,25,28,37-38H,5,8,15-17H2,1-2H3,(H,35,39)(H,40,41)(H4,32,33,34)/b14-13+/t20-,21-,25-,28?/m0/s1. The minimum atomic E-state index is -1.21. The first-order chi connectivity index (χ1) is 19.5. The van der Waals surface area contributed by atoms with E-state index in [1.54, 1.807) is 24.3 Å². The van der Waals surface area contributed by atoms with Crippen molar-refractivity contribution in [3.63, 3.8) is 0 Å². The Balaban J connectivity index is 1.69. The fourth-order valence-corrected chi connectivity index (χ4v) is 5.00. The van der Waals surface area contributed by atoms with Crippen molar-refractivity contribution >= 4 is 23.4 Å². The number of hydrogen-bond donors (Lipinski definition) is 7. The van der Waals surface area contributed by atoms with Crippen LogP contribution in [0, 0.1) is 11.2 Å². The number of likely N-dealkylation sites (N-methyl/N-ethyl adjacent to an activating group) is 1. The predicted octanol–water partition coefficient (Wildman–Crippen LogP) is 2.13. The molecular weight excluding hydrogens is 529 g/mol. The second-order valence-electron chi connectivity index (χ2n) is 10.3. The van der Waals surface area contributed by atoms with Crippen LogP contribution in [0.25, 0.3) is 5.57 Å². The van der Waals surface area contributed by atoms with Crippen LogP contribution in [0.5, 0.6) is 0 Å². The van der Waals surface area contributed by atoms with E-state index in [1.807, 2.05) is 38.4 Å². The number of rotatable bonds is 14. The summed E-state index contributed by atoms with van der Waals surface area (Å²) in [5, 5.41) is 42.6. The van der Waals surface area contributed by atoms with Gasteiger partial charge in [0.25, 0.3) is 0 Å². The van der Waals surface area contributed by atoms with Crippen molar-refractivity contribution in [2.75, 3.05) is 20.6 Å². The highest BCUT2D eigenvalue weighted by Crippen LogP contribution is 2.46. The Morgan fingerprint density at radius 3 is 2.46 bits per heavy atom. The summed E-state index contributed by atoms with van der Waals surface area (Å²) in [6.07, 6.45) is 1.03. The van der Waals surface area contributed by atoms with Gasteiger partial charge < -0.3 is 31.7 Å². The highest BCUT2D eigenvalue weighted by atomic mass is 19.1. The van der Waals surface area contributed by atoms with Gasteiger partial charge in [-0.15, -0.1) is 0 Å². The van der Waals surface area contributed by atoms with Gasteiger partial charge in [-0.25, -0.2) is 9.18 Å². The summed E-state index contributed by atoms with van der Waals surface area (Å²) in [5.74, 6) is -2.43. The van der Waals surface area contributed by atoms with E-state index in [1.165, 1.54) is 12.1 Å². The second-order valence-corrected chi connectivity index (χ2v) is 10.3. The van der Waals surface area contributed by atoms with E-state index in [0.29, 0.717) is 6.42 Å². The highest BCUT2D eigenvalue weighted by molar-refractivity contribution is 5.90. The molecule has 220 valence electrons. The summed E-state index contributed by atoms with van der Waals surface area (Å²) in [5.41, 5.74) is 9.93. The highest BCUT2D eigenvalue weighted by Gasteiger charge is 2.32. The zero-order valence-electron chi connectivity index (χ0n) is 23.2. The van der Waals surface area contributed by atoms with E-state index in [4.69, 9.17) is 11.1 Å². The van der Waals surface area contributed by atoms with Gasteiger partial charge in [0, 0.05) is 13.0 Å². The molecule has 0 bridgehead atoms. The van der Waals surface area contributed by atoms with Crippen molar-refractivity contribution < 1.29 is 29.3 Å². The zero-order chi connectivity index (χ0) is 30.1. The summed E-state index contributed by atoms with van der Waals surface area (Å²) >= 11 is 0. The summed E-state index contributed by atoms with van der Waals surface area (Å²) in [4.78, 5) is 25.9. The number of fused-ring (bicyclic) bond motifs is 1. The molecule has 8 N–H and O–H groups in total. The van der Waals surface area contributed by atoms with Crippen LogP contribution in [0.3, 0.4) is 0 Å². The minimum absolute atomic E-state index is 0.115. The number of aliphatic carboxylic acids is 1. The molecule has 0 aliphatic heterocycles. The molecule has 0 radical (unpaired) electrons. The smallest absolute Gasteiger partial charge is 0.326 e. The third-order valence-corrected chi connectivity index (χ3v) is 6.81. The van der Waals surface area contributed by atoms with Crippen LogP contribution in [0.4, 0.5) is 4.39 Å². The first-order valence-corrected chi connectivity index (χ1v) is 13.4. The van der Waals surface area contributed by atoms with Crippen LogP contribution in [0.2, 0.25) is 0 Å². The lowest BCUT2D eigenvalue weighted by atomic mass is 9.96. The van der Waals surface area contributed by atoms with Crippen LogP contribution in [-0.4, -0.2) is 76.9 Å². The number of guanidine groups is 1. The molecule has 3 rings (SSSR count). The maximum atomic E-state index is 13.7. The maximum Gasteiger partial charge on any atom is 0.326 e. The third kappa shape index (κ3) is 8.71. The van der Waals surface area contributed by atoms with Gasteiger partial charge in [-0.1, -0.05) is 48.6 Å². The average Bonchev–Trinajstić information content (AvgIpc) is 3.23. The third-order valence-electron chi connectivity index (χ3n) is 6.81. The molecule has 4 atom stereocenters. The maximum absolute atomic E-state index is 13.7. The van der Waals surface area contributed by atoms with E-state index in [-0.39, 0.29) is 43.6 Å². The number of carbonyl (C=O) groups excluding carboxylic acids is 1. The zero-order valence-corrected chi connectivity index (χ0v) is 23.2. The second kappa shape index (κ2) is 14.5. The lowest BCUT2D eigenvalue weighted by Gasteiger charge is -2.23. The fraction of sp³-hybridized carbons (Fsp3) is 0.367. The van der Waals surface area contributed by atoms with Crippen molar-refractivity contribution in [2.24, 2.45) is 5.73 Å². The van der Waals surface area contributed by atoms with Crippen molar-refractivity contribution in [3.05, 3.63) is 88.8 Å². The molecule has 1 unspecified atom stereocenters. The number of carboxylic acid groups (broad SMARTS) is 1. The molecule has 2 aromatic carbocycles. The number of halogens is 1. The average molecular weight is 568 g/mol. The largest absolute Gasteiger partial charge is 0.480 e. The Morgan fingerprint density at radius 1 is 1.15 bits per heavy atom. The topological polar surface area (TPSA) is 172 Å². The lowest BCUT2D eigenvalue weighted by Crippen LogP contribution is -2.42. The number of carbonyl (C=O) groups is 2. The SMILES string of the molecule is CN(C)C1C(/C=C/[C@H](O)C[C@H](O)CC(=O)N[C@@H](CCCNC(=N)N)C(=O)O)=C(c2ccc(F)cc2)c2ccccc21. The Hall–Kier alpha value is -4.06. The molecule has 0 fully saturated rings. The molecule has 0 spiro atoms. The molecule has 0 saturated carbocycles. The Bertz CT molecular complexity index is 1290. The molecule has 41 heavy (non-hydrogen) atoms. The Kier molecular flexibility index (Phi) is 11.2. The normalized spacial score (nSPS) is 16.9. The van der Waals surface area contributed by atoms with E-state index in [9.17, 15) is 29.3 Å². The molecule has 0 aromatic heterocycles. The van der Waals surface area contributed by atoms with Gasteiger partial charge in [0.15, 0.2) is 5.96 Å². The minimum Gasteiger partial charge on any atom is -0.480 e. The first kappa shape index (κ1) is 31.5. The van der Waals surface area contributed by atoms with Crippen LogP contribution < -0.4 is 16.4 Å². The van der Waals surface area contributed by atoms with Gasteiger partial charge in [-0.05, 0) is 66.9 Å². The number of amides is 1. The molecular formula is C30H38FN5O5. The van der Waals surface area contributed by atoms with Gasteiger partial charge in [0.1, 0.15) is 11.9 Å². The number of hydrogen-bond acceptors (Lipinski definition) is 6. The van der Waals surface area contributed by atoms with Crippen molar-refractivity contribution in [2.45, 2.75) is 50.0 Å². The van der Waals surface area contributed by atoms with E-state index in [0.717, 1.165) is 27.8 Å². The molecule has 10 nitrogen and oxygen atoms in total. The number of carboxylic acids is 1. The number of nitrogens with two attached hydrogens (primary N) is 1. The van der Waals surface area contributed by atoms with Crippen LogP contribution >= 0.6 is 0 Å². The van der Waals surface area contributed by atoms with Crippen molar-refractivity contribution in [3.8, 4) is 0 Å². The Labute approximate surface area is 238 Å². The Morgan fingerprint density at radius 2 is 1.83 bits per heavy atom. The van der Waals surface area contributed by atoms with Crippen molar-refractivity contribution in [1.29, 1.82) is 5.41 Å². The molecule has 2 aromatic rings. The molecule has 1 amide bonds. The molecule has 1 aliphatic carbocycles. The van der Waals surface area contributed by atoms with Gasteiger partial charge in [0.05, 0.1) is 24.7 Å². The summed E-state index contributed by atoms with van der Waals surface area (Å²) in [7, 11) is 3.90. The number of nitrogens with one attached hydrogen (secondary N) is 3. The summed E-state index contributed by atoms with van der Waals surface area (Å²) in [6.45, 7) is 0.287. The number of benzene rings is 2. The number of aliphatic hydroxyl groups is 2. The van der Waals surface area contributed by atoms with Crippen molar-refractivity contribution in [1.82, 2.24) is 15.5 Å². The van der Waals surface area contributed by atoms with Crippen LogP contribution in [-0.2, 0) is 9.59 Å². The molecule has 11 heteroatoms. The predicted molar refractivity (Wildman–Crippen MR) is 154 cm³/mol. The number of nitrogens with zero attached hydrogens (tertiary/aromatic N) is 1. The quantitative estimate of drug-likeness (QED) is 0.103. The van der Waals surface area contributed by atoms with Gasteiger partial charge >= 0.3 is 5.97 Å². The van der Waals surface area contributed by atoms with Crippen LogP contribution in [0.15, 0.2) is 66.3 Å². The van der Waals surface area contributed by atoms with E-state index in [2.05, 4.69) is 15.5 Å². The molecule has 0 heterocycles. The molecule has 1 aliphatic rings. The van der Waals surface area contributed by atoms with Gasteiger partial charge in [-0.3, -0.25) is 15.1 Å². The monoisotopic (exact) mass is 567 g/mol. The lowest BCUT2D eigenvalue weighted by molar-refractivity contribution is -0.142. The van der Waals surface area contributed by atoms with Gasteiger partial charge in [-0.2, -0.15) is 0 Å².